The third kappa shape index (κ3) is 5.59. The first kappa shape index (κ1) is 23.6. The molecule has 4 amide bonds. The number of benzene rings is 1. The predicted molar refractivity (Wildman–Crippen MR) is 113 cm³/mol. The van der Waals surface area contributed by atoms with Crippen molar-refractivity contribution in [2.24, 2.45) is 0 Å². The summed E-state index contributed by atoms with van der Waals surface area (Å²) in [6, 6.07) is 4.15. The highest BCUT2D eigenvalue weighted by Gasteiger charge is 2.45. The minimum absolute atomic E-state index is 0.0929. The SMILES string of the molecule is C#CCOCCOCCOCCCc1cccc2c1C(=O)N(C1CCC(=O)NC1=O)C2=O. The summed E-state index contributed by atoms with van der Waals surface area (Å²) in [4.78, 5) is 50.4. The van der Waals surface area contributed by atoms with Gasteiger partial charge in [0.25, 0.3) is 11.8 Å². The van der Waals surface area contributed by atoms with Gasteiger partial charge in [-0.25, -0.2) is 0 Å². The van der Waals surface area contributed by atoms with E-state index in [1.807, 2.05) is 0 Å². The molecule has 1 aromatic rings. The van der Waals surface area contributed by atoms with E-state index >= 15 is 0 Å². The van der Waals surface area contributed by atoms with Crippen LogP contribution in [0.15, 0.2) is 18.2 Å². The van der Waals surface area contributed by atoms with Crippen LogP contribution in [0.25, 0.3) is 0 Å². The van der Waals surface area contributed by atoms with Crippen LogP contribution in [-0.4, -0.2) is 74.2 Å². The molecule has 1 fully saturated rings. The van der Waals surface area contributed by atoms with Gasteiger partial charge in [-0.3, -0.25) is 29.4 Å². The maximum Gasteiger partial charge on any atom is 0.262 e. The van der Waals surface area contributed by atoms with Gasteiger partial charge in [0.1, 0.15) is 12.6 Å². The second-order valence-corrected chi connectivity index (χ2v) is 7.37. The molecule has 0 radical (unpaired) electrons. The Morgan fingerprint density at radius 2 is 1.72 bits per heavy atom. The highest BCUT2D eigenvalue weighted by atomic mass is 16.5. The summed E-state index contributed by atoms with van der Waals surface area (Å²) in [7, 11) is 0. The number of ether oxygens (including phenoxy) is 3. The first-order valence-electron chi connectivity index (χ1n) is 10.5. The zero-order valence-electron chi connectivity index (χ0n) is 17.8. The predicted octanol–water partition coefficient (Wildman–Crippen LogP) is 0.703. The summed E-state index contributed by atoms with van der Waals surface area (Å²) in [5, 5.41) is 2.20. The maximum absolute atomic E-state index is 13.0. The van der Waals surface area contributed by atoms with Crippen molar-refractivity contribution in [3.63, 3.8) is 0 Å². The fourth-order valence-corrected chi connectivity index (χ4v) is 3.73. The number of nitrogens with zero attached hydrogens (tertiary/aromatic N) is 1. The highest BCUT2D eigenvalue weighted by molar-refractivity contribution is 6.24. The minimum atomic E-state index is -0.965. The fourth-order valence-electron chi connectivity index (χ4n) is 3.73. The molecule has 170 valence electrons. The summed E-state index contributed by atoms with van der Waals surface area (Å²) in [5.41, 5.74) is 1.36. The molecule has 1 saturated heterocycles. The third-order valence-corrected chi connectivity index (χ3v) is 5.22. The fraction of sp³-hybridized carbons (Fsp3) is 0.478. The van der Waals surface area contributed by atoms with Crippen LogP contribution >= 0.6 is 0 Å². The molecular formula is C23H26N2O7. The molecule has 3 rings (SSSR count). The maximum atomic E-state index is 13.0. The summed E-state index contributed by atoms with van der Waals surface area (Å²) in [6.45, 7) is 2.49. The van der Waals surface area contributed by atoms with E-state index in [0.717, 1.165) is 10.5 Å². The zero-order chi connectivity index (χ0) is 22.9. The van der Waals surface area contributed by atoms with Gasteiger partial charge in [-0.15, -0.1) is 6.42 Å². The van der Waals surface area contributed by atoms with Gasteiger partial charge in [0.2, 0.25) is 11.8 Å². The van der Waals surface area contributed by atoms with Crippen molar-refractivity contribution in [1.82, 2.24) is 10.2 Å². The van der Waals surface area contributed by atoms with E-state index in [2.05, 4.69) is 11.2 Å². The van der Waals surface area contributed by atoms with Crippen LogP contribution in [0.2, 0.25) is 0 Å². The van der Waals surface area contributed by atoms with E-state index in [0.29, 0.717) is 57.0 Å². The number of rotatable bonds is 12. The number of fused-ring (bicyclic) bond motifs is 1. The van der Waals surface area contributed by atoms with Crippen LogP contribution in [0.1, 0.15) is 45.5 Å². The Kier molecular flexibility index (Phi) is 8.50. The van der Waals surface area contributed by atoms with E-state index < -0.39 is 29.7 Å². The van der Waals surface area contributed by atoms with Crippen LogP contribution in [0, 0.1) is 12.3 Å². The van der Waals surface area contributed by atoms with Gasteiger partial charge in [0.15, 0.2) is 0 Å². The smallest absolute Gasteiger partial charge is 0.262 e. The van der Waals surface area contributed by atoms with E-state index in [9.17, 15) is 19.2 Å². The van der Waals surface area contributed by atoms with Gasteiger partial charge in [-0.2, -0.15) is 0 Å². The van der Waals surface area contributed by atoms with Crippen molar-refractivity contribution in [2.75, 3.05) is 39.6 Å². The average molecular weight is 442 g/mol. The first-order valence-corrected chi connectivity index (χ1v) is 10.5. The van der Waals surface area contributed by atoms with Crippen LogP contribution in [0.3, 0.4) is 0 Å². The average Bonchev–Trinajstić information content (AvgIpc) is 3.03. The first-order chi connectivity index (χ1) is 15.5. The largest absolute Gasteiger partial charge is 0.379 e. The normalized spacial score (nSPS) is 18.0. The van der Waals surface area contributed by atoms with E-state index in [-0.39, 0.29) is 19.4 Å². The molecule has 2 aliphatic heterocycles. The number of hydrogen-bond donors (Lipinski definition) is 1. The number of carbonyl (C=O) groups excluding carboxylic acids is 4. The van der Waals surface area contributed by atoms with Gasteiger partial charge >= 0.3 is 0 Å². The Hall–Kier alpha value is -3.06. The molecule has 2 aliphatic rings. The molecule has 0 spiro atoms. The Balaban J connectivity index is 1.47. The molecule has 1 N–H and O–H groups in total. The lowest BCUT2D eigenvalue weighted by Gasteiger charge is -2.27. The Morgan fingerprint density at radius 3 is 2.44 bits per heavy atom. The molecule has 2 heterocycles. The van der Waals surface area contributed by atoms with E-state index in [1.165, 1.54) is 0 Å². The van der Waals surface area contributed by atoms with Crippen LogP contribution in [0.5, 0.6) is 0 Å². The number of imide groups is 2. The van der Waals surface area contributed by atoms with Crippen LogP contribution in [-0.2, 0) is 30.2 Å². The second-order valence-electron chi connectivity index (χ2n) is 7.37. The molecule has 0 saturated carbocycles. The van der Waals surface area contributed by atoms with Gasteiger partial charge in [0.05, 0.1) is 37.6 Å². The zero-order valence-corrected chi connectivity index (χ0v) is 17.8. The topological polar surface area (TPSA) is 111 Å². The third-order valence-electron chi connectivity index (χ3n) is 5.22. The van der Waals surface area contributed by atoms with Crippen molar-refractivity contribution in [3.05, 3.63) is 34.9 Å². The number of piperidine rings is 1. The summed E-state index contributed by atoms with van der Waals surface area (Å²) in [6.07, 6.45) is 6.51. The molecule has 0 bridgehead atoms. The van der Waals surface area contributed by atoms with Gasteiger partial charge in [-0.1, -0.05) is 18.1 Å². The lowest BCUT2D eigenvalue weighted by Crippen LogP contribution is -2.54. The molecule has 0 aliphatic carbocycles. The summed E-state index contributed by atoms with van der Waals surface area (Å²) < 4.78 is 16.0. The lowest BCUT2D eigenvalue weighted by atomic mass is 9.99. The lowest BCUT2D eigenvalue weighted by molar-refractivity contribution is -0.136. The number of hydrogen-bond acceptors (Lipinski definition) is 7. The molecular weight excluding hydrogens is 416 g/mol. The van der Waals surface area contributed by atoms with Crippen molar-refractivity contribution in [3.8, 4) is 12.3 Å². The van der Waals surface area contributed by atoms with Crippen molar-refractivity contribution in [2.45, 2.75) is 31.7 Å². The van der Waals surface area contributed by atoms with E-state index in [1.54, 1.807) is 18.2 Å². The number of nitrogens with one attached hydrogen (secondary N) is 1. The molecule has 9 heteroatoms. The summed E-state index contributed by atoms with van der Waals surface area (Å²) >= 11 is 0. The van der Waals surface area contributed by atoms with Gasteiger partial charge in [0, 0.05) is 13.0 Å². The monoisotopic (exact) mass is 442 g/mol. The van der Waals surface area contributed by atoms with Crippen LogP contribution in [0.4, 0.5) is 0 Å². The Bertz CT molecular complexity index is 921. The molecule has 32 heavy (non-hydrogen) atoms. The quantitative estimate of drug-likeness (QED) is 0.288. The molecule has 0 aromatic heterocycles. The minimum Gasteiger partial charge on any atom is -0.379 e. The highest BCUT2D eigenvalue weighted by Crippen LogP contribution is 2.30. The number of aryl methyl sites for hydroxylation is 1. The van der Waals surface area contributed by atoms with Crippen molar-refractivity contribution >= 4 is 23.6 Å². The van der Waals surface area contributed by atoms with E-state index in [4.69, 9.17) is 20.6 Å². The molecule has 1 unspecified atom stereocenters. The van der Waals surface area contributed by atoms with Crippen LogP contribution < -0.4 is 5.32 Å². The Labute approximate surface area is 186 Å². The van der Waals surface area contributed by atoms with Gasteiger partial charge in [-0.05, 0) is 30.9 Å². The summed E-state index contributed by atoms with van der Waals surface area (Å²) in [5.74, 6) is 0.374. The molecule has 1 aromatic carbocycles. The number of terminal acetylenes is 1. The van der Waals surface area contributed by atoms with Crippen molar-refractivity contribution in [1.29, 1.82) is 0 Å². The van der Waals surface area contributed by atoms with Crippen molar-refractivity contribution < 1.29 is 33.4 Å². The molecule has 1 atom stereocenters. The molecule has 9 nitrogen and oxygen atoms in total. The van der Waals surface area contributed by atoms with Gasteiger partial charge < -0.3 is 14.2 Å². The standard InChI is InChI=1S/C23H26N2O7/c1-2-10-30-12-14-32-15-13-31-11-4-6-16-5-3-7-17-20(16)23(29)25(22(17)28)18-8-9-19(26)24-21(18)27/h1,3,5,7,18H,4,6,8-15H2,(H,24,26,27). The number of amides is 4. The second kappa shape index (κ2) is 11.5. The Morgan fingerprint density at radius 1 is 1.00 bits per heavy atom. The number of carbonyl (C=O) groups is 4.